The van der Waals surface area contributed by atoms with Gasteiger partial charge in [-0.25, -0.2) is 0 Å². The first kappa shape index (κ1) is 17.5. The lowest BCUT2D eigenvalue weighted by atomic mass is 10.1. The van der Waals surface area contributed by atoms with Gasteiger partial charge >= 0.3 is 0 Å². The van der Waals surface area contributed by atoms with E-state index in [1.54, 1.807) is 24.5 Å². The molecule has 126 valence electrons. The molecule has 0 aliphatic rings. The molecule has 24 heavy (non-hydrogen) atoms. The number of nitrogen functional groups attached to an aromatic ring is 1. The standard InChI is InChI=1S/C19H23N3O2/c1-2-3-11-24-18-8-6-15(12-17(18)20)7-9-19(23)22-14-16-5-4-10-21-13-16/h4-10,12-13H,2-3,11,14,20H2,1H3,(H,22,23)/b9-7-. The molecule has 3 N–H and O–H groups in total. The molecular formula is C19H23N3O2. The van der Waals surface area contributed by atoms with Gasteiger partial charge in [-0.15, -0.1) is 0 Å². The van der Waals surface area contributed by atoms with Crippen molar-refractivity contribution < 1.29 is 9.53 Å². The highest BCUT2D eigenvalue weighted by atomic mass is 16.5. The van der Waals surface area contributed by atoms with E-state index in [-0.39, 0.29) is 5.91 Å². The van der Waals surface area contributed by atoms with Crippen molar-refractivity contribution in [2.75, 3.05) is 12.3 Å². The summed E-state index contributed by atoms with van der Waals surface area (Å²) in [5, 5.41) is 2.81. The molecule has 2 aromatic rings. The van der Waals surface area contributed by atoms with Crippen LogP contribution in [0.15, 0.2) is 48.8 Å². The summed E-state index contributed by atoms with van der Waals surface area (Å²) < 4.78 is 5.61. The number of benzene rings is 1. The summed E-state index contributed by atoms with van der Waals surface area (Å²) in [7, 11) is 0. The van der Waals surface area contributed by atoms with E-state index in [2.05, 4.69) is 17.2 Å². The second kappa shape index (κ2) is 9.35. The number of nitrogens with one attached hydrogen (secondary N) is 1. The number of carbonyl (C=O) groups excluding carboxylic acids is 1. The summed E-state index contributed by atoms with van der Waals surface area (Å²) in [6, 6.07) is 9.26. The first-order valence-corrected chi connectivity index (χ1v) is 8.06. The Morgan fingerprint density at radius 2 is 2.25 bits per heavy atom. The minimum Gasteiger partial charge on any atom is -0.491 e. The van der Waals surface area contributed by atoms with Crippen LogP contribution in [0.2, 0.25) is 0 Å². The van der Waals surface area contributed by atoms with E-state index in [1.165, 1.54) is 6.08 Å². The normalized spacial score (nSPS) is 10.7. The first-order chi connectivity index (χ1) is 11.7. The van der Waals surface area contributed by atoms with Crippen LogP contribution in [0.1, 0.15) is 30.9 Å². The lowest BCUT2D eigenvalue weighted by Crippen LogP contribution is -2.20. The third-order valence-electron chi connectivity index (χ3n) is 3.41. The van der Waals surface area contributed by atoms with Gasteiger partial charge in [0.25, 0.3) is 0 Å². The topological polar surface area (TPSA) is 77.2 Å². The number of hydrogen-bond acceptors (Lipinski definition) is 4. The van der Waals surface area contributed by atoms with E-state index in [0.29, 0.717) is 24.6 Å². The predicted octanol–water partition coefficient (Wildman–Crippen LogP) is 3.17. The molecule has 0 aliphatic carbocycles. The molecule has 2 rings (SSSR count). The van der Waals surface area contributed by atoms with Crippen LogP contribution in [-0.2, 0) is 11.3 Å². The number of nitrogens with zero attached hydrogens (tertiary/aromatic N) is 1. The third kappa shape index (κ3) is 5.76. The maximum atomic E-state index is 11.8. The van der Waals surface area contributed by atoms with Crippen molar-refractivity contribution in [2.45, 2.75) is 26.3 Å². The summed E-state index contributed by atoms with van der Waals surface area (Å²) in [4.78, 5) is 15.8. The number of nitrogens with two attached hydrogens (primary N) is 1. The van der Waals surface area contributed by atoms with Gasteiger partial charge in [0.05, 0.1) is 12.3 Å². The molecule has 0 spiro atoms. The van der Waals surface area contributed by atoms with Gasteiger partial charge in [0, 0.05) is 25.0 Å². The maximum Gasteiger partial charge on any atom is 0.244 e. The summed E-state index contributed by atoms with van der Waals surface area (Å²) in [5.74, 6) is 0.516. The summed E-state index contributed by atoms with van der Waals surface area (Å²) in [6.07, 6.45) is 8.72. The molecule has 0 atom stereocenters. The minimum absolute atomic E-state index is 0.166. The van der Waals surface area contributed by atoms with E-state index >= 15 is 0 Å². The van der Waals surface area contributed by atoms with Crippen molar-refractivity contribution in [2.24, 2.45) is 0 Å². The molecule has 5 heteroatoms. The van der Waals surface area contributed by atoms with Gasteiger partial charge in [-0.1, -0.05) is 25.5 Å². The van der Waals surface area contributed by atoms with Crippen LogP contribution in [-0.4, -0.2) is 17.5 Å². The Balaban J connectivity index is 1.86. The number of ether oxygens (including phenoxy) is 1. The number of rotatable bonds is 8. The number of carbonyl (C=O) groups is 1. The lowest BCUT2D eigenvalue weighted by Gasteiger charge is -2.08. The van der Waals surface area contributed by atoms with Crippen molar-refractivity contribution in [3.8, 4) is 5.75 Å². The predicted molar refractivity (Wildman–Crippen MR) is 96.4 cm³/mol. The Hall–Kier alpha value is -2.82. The Morgan fingerprint density at radius 1 is 1.38 bits per heavy atom. The molecule has 1 aromatic carbocycles. The van der Waals surface area contributed by atoms with Gasteiger partial charge in [-0.05, 0) is 41.8 Å². The van der Waals surface area contributed by atoms with Crippen molar-refractivity contribution >= 4 is 17.7 Å². The highest BCUT2D eigenvalue weighted by Gasteiger charge is 2.01. The number of hydrogen-bond donors (Lipinski definition) is 2. The largest absolute Gasteiger partial charge is 0.491 e. The molecule has 0 bridgehead atoms. The van der Waals surface area contributed by atoms with E-state index in [4.69, 9.17) is 10.5 Å². The number of pyridine rings is 1. The molecule has 0 aliphatic heterocycles. The number of aromatic nitrogens is 1. The van der Waals surface area contributed by atoms with Crippen LogP contribution in [0.5, 0.6) is 5.75 Å². The average molecular weight is 325 g/mol. The van der Waals surface area contributed by atoms with E-state index in [0.717, 1.165) is 24.0 Å². The van der Waals surface area contributed by atoms with Gasteiger partial charge in [-0.2, -0.15) is 0 Å². The van der Waals surface area contributed by atoms with Crippen molar-refractivity contribution in [3.63, 3.8) is 0 Å². The van der Waals surface area contributed by atoms with E-state index < -0.39 is 0 Å². The monoisotopic (exact) mass is 325 g/mol. The van der Waals surface area contributed by atoms with E-state index in [9.17, 15) is 4.79 Å². The molecule has 1 aromatic heterocycles. The fourth-order valence-corrected chi connectivity index (χ4v) is 2.05. The first-order valence-electron chi connectivity index (χ1n) is 8.06. The summed E-state index contributed by atoms with van der Waals surface area (Å²) in [5.41, 5.74) is 8.36. The molecular weight excluding hydrogens is 302 g/mol. The van der Waals surface area contributed by atoms with Crippen LogP contribution >= 0.6 is 0 Å². The van der Waals surface area contributed by atoms with Gasteiger partial charge in [-0.3, -0.25) is 9.78 Å². The number of amides is 1. The molecule has 0 unspecified atom stereocenters. The van der Waals surface area contributed by atoms with Crippen molar-refractivity contribution in [1.82, 2.24) is 10.3 Å². The Bertz CT molecular complexity index is 684. The highest BCUT2D eigenvalue weighted by molar-refractivity contribution is 5.91. The number of anilines is 1. The zero-order chi connectivity index (χ0) is 17.2. The fraction of sp³-hybridized carbons (Fsp3) is 0.263. The Labute approximate surface area is 142 Å². The highest BCUT2D eigenvalue weighted by Crippen LogP contribution is 2.23. The van der Waals surface area contributed by atoms with Gasteiger partial charge in [0.1, 0.15) is 5.75 Å². The van der Waals surface area contributed by atoms with Crippen LogP contribution in [0.25, 0.3) is 6.08 Å². The van der Waals surface area contributed by atoms with Crippen molar-refractivity contribution in [1.29, 1.82) is 0 Å². The minimum atomic E-state index is -0.166. The quantitative estimate of drug-likeness (QED) is 0.444. The van der Waals surface area contributed by atoms with Crippen LogP contribution in [0.3, 0.4) is 0 Å². The van der Waals surface area contributed by atoms with Gasteiger partial charge in [0.2, 0.25) is 5.91 Å². The fourth-order valence-electron chi connectivity index (χ4n) is 2.05. The smallest absolute Gasteiger partial charge is 0.244 e. The molecule has 0 saturated heterocycles. The molecule has 1 heterocycles. The summed E-state index contributed by atoms with van der Waals surface area (Å²) >= 11 is 0. The summed E-state index contributed by atoms with van der Waals surface area (Å²) in [6.45, 7) is 3.22. The molecule has 5 nitrogen and oxygen atoms in total. The van der Waals surface area contributed by atoms with E-state index in [1.807, 2.05) is 24.3 Å². The zero-order valence-electron chi connectivity index (χ0n) is 13.9. The second-order valence-electron chi connectivity index (χ2n) is 5.41. The lowest BCUT2D eigenvalue weighted by molar-refractivity contribution is -0.116. The van der Waals surface area contributed by atoms with Crippen molar-refractivity contribution in [3.05, 3.63) is 59.9 Å². The zero-order valence-corrected chi connectivity index (χ0v) is 13.9. The van der Waals surface area contributed by atoms with Crippen LogP contribution in [0, 0.1) is 0 Å². The maximum absolute atomic E-state index is 11.8. The molecule has 0 radical (unpaired) electrons. The average Bonchev–Trinajstić information content (AvgIpc) is 2.61. The van der Waals surface area contributed by atoms with Gasteiger partial charge in [0.15, 0.2) is 0 Å². The molecule has 0 saturated carbocycles. The molecule has 1 amide bonds. The SMILES string of the molecule is CCCCOc1ccc(/C=C\C(=O)NCc2cccnc2)cc1N. The van der Waals surface area contributed by atoms with Gasteiger partial charge < -0.3 is 15.8 Å². The Morgan fingerprint density at radius 3 is 2.96 bits per heavy atom. The Kier molecular flexibility index (Phi) is 6.83. The van der Waals surface area contributed by atoms with Crippen LogP contribution in [0.4, 0.5) is 5.69 Å². The molecule has 0 fully saturated rings. The third-order valence-corrected chi connectivity index (χ3v) is 3.41. The second-order valence-corrected chi connectivity index (χ2v) is 5.41. The number of unbranched alkanes of at least 4 members (excludes halogenated alkanes) is 1. The van der Waals surface area contributed by atoms with Crippen LogP contribution < -0.4 is 15.8 Å².